The summed E-state index contributed by atoms with van der Waals surface area (Å²) in [5.41, 5.74) is 2.14. The fourth-order valence-corrected chi connectivity index (χ4v) is 6.49. The molecule has 4 rings (SSSR count). The molecule has 2 aliphatic rings. The van der Waals surface area contributed by atoms with Gasteiger partial charge in [0.2, 0.25) is 0 Å². The Bertz CT molecular complexity index is 1020. The lowest BCUT2D eigenvalue weighted by Crippen LogP contribution is -2.28. The Kier molecular flexibility index (Phi) is 10.6. The minimum absolute atomic E-state index is 0.122. The van der Waals surface area contributed by atoms with Crippen LogP contribution in [-0.2, 0) is 12.5 Å². The van der Waals surface area contributed by atoms with Gasteiger partial charge in [-0.2, -0.15) is 8.78 Å². The lowest BCUT2D eigenvalue weighted by Gasteiger charge is -2.32. The molecule has 0 spiro atoms. The van der Waals surface area contributed by atoms with Gasteiger partial charge in [-0.1, -0.05) is 109 Å². The van der Waals surface area contributed by atoms with E-state index in [0.717, 1.165) is 50.0 Å². The molecule has 0 bridgehead atoms. The van der Waals surface area contributed by atoms with Gasteiger partial charge in [-0.15, -0.1) is 0 Å². The van der Waals surface area contributed by atoms with Gasteiger partial charge in [0.05, 0.1) is 5.56 Å². The summed E-state index contributed by atoms with van der Waals surface area (Å²) in [7, 11) is 0. The number of fused-ring (bicyclic) bond motifs is 3. The normalized spacial score (nSPS) is 20.0. The average molecular weight is 529 g/mol. The molecule has 1 aliphatic carbocycles. The SMILES string of the molecule is CCCCCCCCCC1CCC(c2ccc3c(c2)C(F)(F)Oc2c-3ccc(CCCCCC)c2F)CC1. The van der Waals surface area contributed by atoms with Crippen molar-refractivity contribution in [1.29, 1.82) is 0 Å². The highest BCUT2D eigenvalue weighted by atomic mass is 19.3. The van der Waals surface area contributed by atoms with Crippen molar-refractivity contribution in [2.75, 3.05) is 0 Å². The van der Waals surface area contributed by atoms with E-state index in [0.29, 0.717) is 29.0 Å². The minimum atomic E-state index is -3.53. The predicted octanol–water partition coefficient (Wildman–Crippen LogP) is 11.5. The zero-order chi connectivity index (χ0) is 27.0. The summed E-state index contributed by atoms with van der Waals surface area (Å²) in [6, 6.07) is 8.90. The molecule has 1 fully saturated rings. The van der Waals surface area contributed by atoms with Crippen LogP contribution < -0.4 is 4.74 Å². The first-order valence-corrected chi connectivity index (χ1v) is 15.5. The van der Waals surface area contributed by atoms with Crippen LogP contribution in [0.25, 0.3) is 11.1 Å². The van der Waals surface area contributed by atoms with Crippen LogP contribution in [0.5, 0.6) is 5.75 Å². The third kappa shape index (κ3) is 7.16. The third-order valence-corrected chi connectivity index (χ3v) is 8.89. The van der Waals surface area contributed by atoms with Gasteiger partial charge in [-0.05, 0) is 73.1 Å². The Labute approximate surface area is 228 Å². The van der Waals surface area contributed by atoms with Gasteiger partial charge in [0, 0.05) is 5.56 Å². The number of unbranched alkanes of at least 4 members (excludes halogenated alkanes) is 9. The molecule has 0 unspecified atom stereocenters. The van der Waals surface area contributed by atoms with E-state index in [4.69, 9.17) is 4.74 Å². The van der Waals surface area contributed by atoms with Crippen molar-refractivity contribution in [1.82, 2.24) is 0 Å². The van der Waals surface area contributed by atoms with E-state index in [9.17, 15) is 0 Å². The molecule has 1 heterocycles. The summed E-state index contributed by atoms with van der Waals surface area (Å²) in [5, 5.41) is 0. The molecule has 1 nitrogen and oxygen atoms in total. The van der Waals surface area contributed by atoms with Crippen molar-refractivity contribution in [3.63, 3.8) is 0 Å². The number of benzene rings is 2. The number of hydrogen-bond acceptors (Lipinski definition) is 1. The summed E-state index contributed by atoms with van der Waals surface area (Å²) in [6.07, 6.45) is 16.2. The highest BCUT2D eigenvalue weighted by molar-refractivity contribution is 5.77. The summed E-state index contributed by atoms with van der Waals surface area (Å²) in [5.74, 6) is 0.155. The number of hydrogen-bond donors (Lipinski definition) is 0. The van der Waals surface area contributed by atoms with Gasteiger partial charge < -0.3 is 4.74 Å². The first kappa shape index (κ1) is 29.0. The molecule has 2 aromatic rings. The molecule has 4 heteroatoms. The second-order valence-electron chi connectivity index (χ2n) is 11.8. The molecule has 0 amide bonds. The number of rotatable bonds is 14. The fourth-order valence-electron chi connectivity index (χ4n) is 6.49. The first-order valence-electron chi connectivity index (χ1n) is 15.5. The Morgan fingerprint density at radius 3 is 2.11 bits per heavy atom. The topological polar surface area (TPSA) is 9.23 Å². The predicted molar refractivity (Wildman–Crippen MR) is 152 cm³/mol. The van der Waals surface area contributed by atoms with Crippen LogP contribution >= 0.6 is 0 Å². The highest BCUT2D eigenvalue weighted by Crippen LogP contribution is 2.50. The van der Waals surface area contributed by atoms with Crippen LogP contribution in [0.2, 0.25) is 0 Å². The smallest absolute Gasteiger partial charge is 0.425 e. The maximum absolute atomic E-state index is 15.2. The minimum Gasteiger partial charge on any atom is -0.425 e. The van der Waals surface area contributed by atoms with Gasteiger partial charge >= 0.3 is 6.11 Å². The number of halogens is 3. The van der Waals surface area contributed by atoms with Crippen molar-refractivity contribution in [3.05, 3.63) is 52.8 Å². The second-order valence-corrected chi connectivity index (χ2v) is 11.8. The molecule has 0 saturated heterocycles. The molecule has 38 heavy (non-hydrogen) atoms. The molecular formula is C34H47F3O. The average Bonchev–Trinajstić information content (AvgIpc) is 2.92. The molecule has 0 N–H and O–H groups in total. The van der Waals surface area contributed by atoms with Crippen molar-refractivity contribution in [2.24, 2.45) is 5.92 Å². The summed E-state index contributed by atoms with van der Waals surface area (Å²) in [4.78, 5) is 0. The zero-order valence-corrected chi connectivity index (χ0v) is 23.6. The van der Waals surface area contributed by atoms with Gasteiger partial charge in [-0.3, -0.25) is 0 Å². The maximum Gasteiger partial charge on any atom is 0.427 e. The van der Waals surface area contributed by atoms with E-state index in [-0.39, 0.29) is 11.3 Å². The van der Waals surface area contributed by atoms with E-state index in [1.54, 1.807) is 24.3 Å². The van der Waals surface area contributed by atoms with Crippen LogP contribution in [-0.4, -0.2) is 0 Å². The fraction of sp³-hybridized carbons (Fsp3) is 0.647. The van der Waals surface area contributed by atoms with Crippen LogP contribution in [0, 0.1) is 11.7 Å². The lowest BCUT2D eigenvalue weighted by atomic mass is 9.76. The molecular weight excluding hydrogens is 481 g/mol. The van der Waals surface area contributed by atoms with Gasteiger partial charge in [0.1, 0.15) is 0 Å². The molecule has 0 aromatic heterocycles. The van der Waals surface area contributed by atoms with Gasteiger partial charge in [0.15, 0.2) is 11.6 Å². The van der Waals surface area contributed by atoms with Crippen molar-refractivity contribution >= 4 is 0 Å². The van der Waals surface area contributed by atoms with E-state index < -0.39 is 11.9 Å². The first-order chi connectivity index (χ1) is 18.4. The third-order valence-electron chi connectivity index (χ3n) is 8.89. The monoisotopic (exact) mass is 528 g/mol. The molecule has 0 radical (unpaired) electrons. The molecule has 1 aliphatic heterocycles. The molecule has 210 valence electrons. The van der Waals surface area contributed by atoms with E-state index in [1.807, 2.05) is 6.07 Å². The van der Waals surface area contributed by atoms with E-state index in [2.05, 4.69) is 13.8 Å². The van der Waals surface area contributed by atoms with Gasteiger partial charge in [-0.25, -0.2) is 4.39 Å². The molecule has 0 atom stereocenters. The van der Waals surface area contributed by atoms with E-state index in [1.165, 1.54) is 64.2 Å². The highest BCUT2D eigenvalue weighted by Gasteiger charge is 2.44. The lowest BCUT2D eigenvalue weighted by molar-refractivity contribution is -0.188. The van der Waals surface area contributed by atoms with Crippen LogP contribution in [0.1, 0.15) is 139 Å². The largest absolute Gasteiger partial charge is 0.427 e. The van der Waals surface area contributed by atoms with Crippen molar-refractivity contribution in [2.45, 2.75) is 135 Å². The summed E-state index contributed by atoms with van der Waals surface area (Å²) < 4.78 is 50.8. The summed E-state index contributed by atoms with van der Waals surface area (Å²) in [6.45, 7) is 4.38. The van der Waals surface area contributed by atoms with Crippen molar-refractivity contribution in [3.8, 4) is 16.9 Å². The molecule has 2 aromatic carbocycles. The Hall–Kier alpha value is -1.97. The van der Waals surface area contributed by atoms with Crippen LogP contribution in [0.15, 0.2) is 30.3 Å². The van der Waals surface area contributed by atoms with Crippen LogP contribution in [0.4, 0.5) is 13.2 Å². The molecule has 1 saturated carbocycles. The zero-order valence-electron chi connectivity index (χ0n) is 23.6. The standard InChI is InChI=1S/C34H47F3O/c1-3-5-7-9-10-11-12-14-25-16-18-26(19-17-25)28-21-22-29-30-23-20-27(15-13-8-6-4-2)32(35)33(30)38-34(36,37)31(29)24-28/h20-26H,3-19H2,1-2H3. The van der Waals surface area contributed by atoms with Gasteiger partial charge in [0.25, 0.3) is 0 Å². The van der Waals surface area contributed by atoms with Crippen LogP contribution in [0.3, 0.4) is 0 Å². The Morgan fingerprint density at radius 1 is 0.763 bits per heavy atom. The second kappa shape index (κ2) is 13.9. The Morgan fingerprint density at radius 2 is 1.39 bits per heavy atom. The van der Waals surface area contributed by atoms with Crippen molar-refractivity contribution < 1.29 is 17.9 Å². The maximum atomic E-state index is 15.2. The number of ether oxygens (including phenoxy) is 1. The summed E-state index contributed by atoms with van der Waals surface area (Å²) >= 11 is 0. The number of alkyl halides is 2. The number of aryl methyl sites for hydroxylation is 1. The van der Waals surface area contributed by atoms with E-state index >= 15 is 13.2 Å². The quantitative estimate of drug-likeness (QED) is 0.222. The Balaban J connectivity index is 1.37.